The van der Waals surface area contributed by atoms with Crippen molar-refractivity contribution < 1.29 is 4.74 Å². The van der Waals surface area contributed by atoms with Gasteiger partial charge in [0.1, 0.15) is 5.82 Å². The van der Waals surface area contributed by atoms with Crippen LogP contribution in [0.4, 0.5) is 5.82 Å². The average molecular weight is 387 g/mol. The predicted octanol–water partition coefficient (Wildman–Crippen LogP) is 2.89. The number of nitrogens with zero attached hydrogens (tertiary/aromatic N) is 7. The summed E-state index contributed by atoms with van der Waals surface area (Å²) < 4.78 is 9.61. The third-order valence-electron chi connectivity index (χ3n) is 5.82. The average Bonchev–Trinajstić information content (AvgIpc) is 3.39. The molecular formula is C21H21N7O. The molecule has 0 saturated heterocycles. The lowest BCUT2D eigenvalue weighted by atomic mass is 10.1. The first-order chi connectivity index (χ1) is 14.3. The first-order valence-corrected chi connectivity index (χ1v) is 9.95. The fourth-order valence-electron chi connectivity index (χ4n) is 4.15. The molecule has 8 heteroatoms. The van der Waals surface area contributed by atoms with Crippen LogP contribution in [0.25, 0.3) is 16.8 Å². The van der Waals surface area contributed by atoms with Gasteiger partial charge in [-0.15, -0.1) is 0 Å². The van der Waals surface area contributed by atoms with E-state index in [-0.39, 0.29) is 0 Å². The Morgan fingerprint density at radius 3 is 2.93 bits per heavy atom. The zero-order chi connectivity index (χ0) is 19.4. The third-order valence-corrected chi connectivity index (χ3v) is 5.82. The zero-order valence-corrected chi connectivity index (χ0v) is 16.2. The van der Waals surface area contributed by atoms with Gasteiger partial charge in [-0.3, -0.25) is 0 Å². The summed E-state index contributed by atoms with van der Waals surface area (Å²) in [6.07, 6.45) is 11.0. The molecule has 4 aromatic rings. The number of fused-ring (bicyclic) bond motifs is 2. The lowest BCUT2D eigenvalue weighted by Gasteiger charge is -2.28. The van der Waals surface area contributed by atoms with Gasteiger partial charge in [-0.2, -0.15) is 5.10 Å². The summed E-state index contributed by atoms with van der Waals surface area (Å²) in [7, 11) is 1.63. The van der Waals surface area contributed by atoms with Crippen LogP contribution >= 0.6 is 0 Å². The number of rotatable bonds is 4. The van der Waals surface area contributed by atoms with E-state index in [1.54, 1.807) is 17.8 Å². The van der Waals surface area contributed by atoms with E-state index in [9.17, 15) is 0 Å². The number of imidazole rings is 1. The van der Waals surface area contributed by atoms with Crippen molar-refractivity contribution >= 4 is 11.5 Å². The number of anilines is 1. The molecule has 0 aromatic carbocycles. The van der Waals surface area contributed by atoms with Crippen molar-refractivity contribution in [3.8, 4) is 17.0 Å². The molecule has 1 fully saturated rings. The molecule has 8 nitrogen and oxygen atoms in total. The van der Waals surface area contributed by atoms with Crippen molar-refractivity contribution in [2.24, 2.45) is 0 Å². The second kappa shape index (κ2) is 6.30. The van der Waals surface area contributed by atoms with Gasteiger partial charge < -0.3 is 14.2 Å². The Bertz CT molecular complexity index is 1210. The van der Waals surface area contributed by atoms with Crippen molar-refractivity contribution in [1.82, 2.24) is 29.1 Å². The molecule has 0 amide bonds. The molecule has 1 aliphatic carbocycles. The molecule has 6 rings (SSSR count). The fraction of sp³-hybridized carbons (Fsp3) is 0.333. The van der Waals surface area contributed by atoms with Crippen LogP contribution in [-0.4, -0.2) is 42.8 Å². The quantitative estimate of drug-likeness (QED) is 0.536. The molecule has 5 heterocycles. The summed E-state index contributed by atoms with van der Waals surface area (Å²) in [4.78, 5) is 16.3. The van der Waals surface area contributed by atoms with Crippen molar-refractivity contribution in [3.63, 3.8) is 0 Å². The van der Waals surface area contributed by atoms with E-state index in [1.165, 1.54) is 24.2 Å². The van der Waals surface area contributed by atoms with Crippen LogP contribution in [0.2, 0.25) is 0 Å². The standard InChI is InChI=1S/C21H21N7O/c1-29-21-15(3-2-8-22-21)16-11-24-28-10-7-19(25-20(16)28)26-9-6-17-18(12-26)27(13-23-17)14-4-5-14/h2-3,7-8,10-11,13-14H,4-6,9,12H2,1H3. The SMILES string of the molecule is COc1ncccc1-c1cnn2ccc(N3CCc4ncn(C5CC5)c4C3)nc12. The largest absolute Gasteiger partial charge is 0.481 e. The number of ether oxygens (including phenoxy) is 1. The molecule has 1 saturated carbocycles. The highest BCUT2D eigenvalue weighted by Gasteiger charge is 2.30. The van der Waals surface area contributed by atoms with Gasteiger partial charge in [-0.05, 0) is 31.0 Å². The molecule has 0 N–H and O–H groups in total. The van der Waals surface area contributed by atoms with Crippen LogP contribution in [0.5, 0.6) is 5.88 Å². The van der Waals surface area contributed by atoms with Crippen molar-refractivity contribution in [3.05, 3.63) is 54.5 Å². The van der Waals surface area contributed by atoms with E-state index in [0.29, 0.717) is 11.9 Å². The highest BCUT2D eigenvalue weighted by Crippen LogP contribution is 2.38. The van der Waals surface area contributed by atoms with E-state index < -0.39 is 0 Å². The number of hydrogen-bond donors (Lipinski definition) is 0. The zero-order valence-electron chi connectivity index (χ0n) is 16.2. The van der Waals surface area contributed by atoms with Gasteiger partial charge in [0.15, 0.2) is 5.65 Å². The van der Waals surface area contributed by atoms with Crippen molar-refractivity contribution in [2.45, 2.75) is 31.8 Å². The summed E-state index contributed by atoms with van der Waals surface area (Å²) >= 11 is 0. The van der Waals surface area contributed by atoms with Gasteiger partial charge in [0.2, 0.25) is 5.88 Å². The Morgan fingerprint density at radius 1 is 1.14 bits per heavy atom. The summed E-state index contributed by atoms with van der Waals surface area (Å²) in [6.45, 7) is 1.76. The molecule has 0 unspecified atom stereocenters. The topological polar surface area (TPSA) is 73.4 Å². The van der Waals surface area contributed by atoms with Crippen LogP contribution in [0.1, 0.15) is 30.3 Å². The van der Waals surface area contributed by atoms with Crippen LogP contribution in [0, 0.1) is 0 Å². The minimum atomic E-state index is 0.575. The smallest absolute Gasteiger partial charge is 0.221 e. The van der Waals surface area contributed by atoms with Crippen LogP contribution in [0.3, 0.4) is 0 Å². The number of aromatic nitrogens is 6. The summed E-state index contributed by atoms with van der Waals surface area (Å²) in [6, 6.07) is 6.56. The number of methoxy groups -OCH3 is 1. The van der Waals surface area contributed by atoms with Gasteiger partial charge in [0, 0.05) is 37.0 Å². The number of hydrogen-bond acceptors (Lipinski definition) is 6. The van der Waals surface area contributed by atoms with Crippen molar-refractivity contribution in [2.75, 3.05) is 18.6 Å². The molecule has 0 bridgehead atoms. The first kappa shape index (κ1) is 16.5. The van der Waals surface area contributed by atoms with Gasteiger partial charge in [-0.1, -0.05) is 0 Å². The lowest BCUT2D eigenvalue weighted by Crippen LogP contribution is -2.32. The van der Waals surface area contributed by atoms with Crippen LogP contribution in [-0.2, 0) is 13.0 Å². The van der Waals surface area contributed by atoms with E-state index in [1.807, 2.05) is 36.9 Å². The molecule has 1 aliphatic heterocycles. The molecule has 0 atom stereocenters. The monoisotopic (exact) mass is 387 g/mol. The van der Waals surface area contributed by atoms with Crippen LogP contribution < -0.4 is 9.64 Å². The minimum absolute atomic E-state index is 0.575. The second-order valence-electron chi connectivity index (χ2n) is 7.62. The van der Waals surface area contributed by atoms with Gasteiger partial charge in [-0.25, -0.2) is 19.5 Å². The maximum Gasteiger partial charge on any atom is 0.221 e. The van der Waals surface area contributed by atoms with Gasteiger partial charge in [0.05, 0.1) is 43.1 Å². The predicted molar refractivity (Wildman–Crippen MR) is 108 cm³/mol. The van der Waals surface area contributed by atoms with Crippen molar-refractivity contribution in [1.29, 1.82) is 0 Å². The maximum atomic E-state index is 5.44. The van der Waals surface area contributed by atoms with Gasteiger partial charge in [0.25, 0.3) is 0 Å². The van der Waals surface area contributed by atoms with E-state index in [2.05, 4.69) is 24.5 Å². The van der Waals surface area contributed by atoms with E-state index >= 15 is 0 Å². The van der Waals surface area contributed by atoms with Gasteiger partial charge >= 0.3 is 0 Å². The summed E-state index contributed by atoms with van der Waals surface area (Å²) in [5, 5.41) is 4.47. The minimum Gasteiger partial charge on any atom is -0.481 e. The second-order valence-corrected chi connectivity index (χ2v) is 7.62. The Morgan fingerprint density at radius 2 is 2.07 bits per heavy atom. The molecule has 0 radical (unpaired) electrons. The Kier molecular flexibility index (Phi) is 3.59. The third kappa shape index (κ3) is 2.66. The highest BCUT2D eigenvalue weighted by atomic mass is 16.5. The normalized spacial score (nSPS) is 16.2. The van der Waals surface area contributed by atoms with E-state index in [4.69, 9.17) is 9.72 Å². The molecule has 2 aliphatic rings. The molecule has 29 heavy (non-hydrogen) atoms. The number of pyridine rings is 1. The lowest BCUT2D eigenvalue weighted by molar-refractivity contribution is 0.400. The highest BCUT2D eigenvalue weighted by molar-refractivity contribution is 5.80. The van der Waals surface area contributed by atoms with Crippen LogP contribution in [0.15, 0.2) is 43.1 Å². The molecule has 4 aromatic heterocycles. The first-order valence-electron chi connectivity index (χ1n) is 9.95. The molecule has 146 valence electrons. The summed E-state index contributed by atoms with van der Waals surface area (Å²) in [5.41, 5.74) is 5.18. The maximum absolute atomic E-state index is 5.44. The Balaban J connectivity index is 1.39. The molecule has 0 spiro atoms. The molecular weight excluding hydrogens is 366 g/mol. The fourth-order valence-corrected chi connectivity index (χ4v) is 4.15. The Hall–Kier alpha value is -3.42. The Labute approximate surface area is 167 Å². The van der Waals surface area contributed by atoms with E-state index in [0.717, 1.165) is 42.1 Å². The summed E-state index contributed by atoms with van der Waals surface area (Å²) in [5.74, 6) is 1.53.